The molecule has 1 aromatic carbocycles. The number of ether oxygens (including phenoxy) is 1. The molecule has 3 nitrogen and oxygen atoms in total. The van der Waals surface area contributed by atoms with Gasteiger partial charge in [-0.15, -0.1) is 0 Å². The maximum atomic E-state index is 5.99. The number of pyridine rings is 1. The van der Waals surface area contributed by atoms with Crippen LogP contribution in [0.5, 0.6) is 5.75 Å². The van der Waals surface area contributed by atoms with Gasteiger partial charge in [-0.2, -0.15) is 0 Å². The standard InChI is InChI=1S/C15H17ClN2O/c1-2-5-19-14-7-12(9-18-10-14)15-4-3-13(16)6-11(15)8-17/h3-4,6-7,9-10H,2,5,8,17H2,1H3. The van der Waals surface area contributed by atoms with Gasteiger partial charge in [0.2, 0.25) is 0 Å². The highest BCUT2D eigenvalue weighted by atomic mass is 35.5. The molecule has 2 rings (SSSR count). The van der Waals surface area contributed by atoms with E-state index < -0.39 is 0 Å². The molecule has 0 fully saturated rings. The van der Waals surface area contributed by atoms with Crippen molar-refractivity contribution in [3.8, 4) is 16.9 Å². The first-order chi connectivity index (χ1) is 9.24. The normalized spacial score (nSPS) is 10.5. The fourth-order valence-electron chi connectivity index (χ4n) is 1.88. The summed E-state index contributed by atoms with van der Waals surface area (Å²) in [5, 5.41) is 0.690. The summed E-state index contributed by atoms with van der Waals surface area (Å²) in [5.74, 6) is 0.775. The fraction of sp³-hybridized carbons (Fsp3) is 0.267. The van der Waals surface area contributed by atoms with Gasteiger partial charge in [-0.25, -0.2) is 0 Å². The summed E-state index contributed by atoms with van der Waals surface area (Å²) in [4.78, 5) is 4.21. The summed E-state index contributed by atoms with van der Waals surface area (Å²) < 4.78 is 5.59. The summed E-state index contributed by atoms with van der Waals surface area (Å²) in [5.41, 5.74) is 8.80. The Morgan fingerprint density at radius 2 is 2.11 bits per heavy atom. The minimum Gasteiger partial charge on any atom is -0.492 e. The van der Waals surface area contributed by atoms with Gasteiger partial charge in [0.25, 0.3) is 0 Å². The molecule has 0 aliphatic rings. The number of aromatic nitrogens is 1. The Morgan fingerprint density at radius 1 is 1.26 bits per heavy atom. The highest BCUT2D eigenvalue weighted by Gasteiger charge is 2.06. The van der Waals surface area contributed by atoms with Crippen molar-refractivity contribution < 1.29 is 4.74 Å². The number of benzene rings is 1. The van der Waals surface area contributed by atoms with Crippen LogP contribution >= 0.6 is 11.6 Å². The lowest BCUT2D eigenvalue weighted by molar-refractivity contribution is 0.316. The smallest absolute Gasteiger partial charge is 0.138 e. The molecule has 0 aliphatic heterocycles. The third-order valence-electron chi connectivity index (χ3n) is 2.78. The summed E-state index contributed by atoms with van der Waals surface area (Å²) in [6.07, 6.45) is 4.50. The first-order valence-electron chi connectivity index (χ1n) is 6.31. The van der Waals surface area contributed by atoms with E-state index in [2.05, 4.69) is 11.9 Å². The van der Waals surface area contributed by atoms with Crippen LogP contribution in [0.1, 0.15) is 18.9 Å². The molecule has 0 spiro atoms. The van der Waals surface area contributed by atoms with Gasteiger partial charge in [0, 0.05) is 23.3 Å². The van der Waals surface area contributed by atoms with Crippen molar-refractivity contribution in [3.63, 3.8) is 0 Å². The highest BCUT2D eigenvalue weighted by Crippen LogP contribution is 2.28. The van der Waals surface area contributed by atoms with Crippen LogP contribution in [0.25, 0.3) is 11.1 Å². The Bertz CT molecular complexity index is 558. The molecule has 19 heavy (non-hydrogen) atoms. The van der Waals surface area contributed by atoms with E-state index in [1.165, 1.54) is 0 Å². The van der Waals surface area contributed by atoms with Crippen molar-refractivity contribution in [2.24, 2.45) is 5.73 Å². The minimum absolute atomic E-state index is 0.440. The lowest BCUT2D eigenvalue weighted by Crippen LogP contribution is -2.00. The van der Waals surface area contributed by atoms with E-state index in [-0.39, 0.29) is 0 Å². The van der Waals surface area contributed by atoms with E-state index in [1.54, 1.807) is 12.4 Å². The van der Waals surface area contributed by atoms with Crippen molar-refractivity contribution in [1.82, 2.24) is 4.98 Å². The van der Waals surface area contributed by atoms with Gasteiger partial charge in [0.1, 0.15) is 5.75 Å². The first-order valence-corrected chi connectivity index (χ1v) is 6.69. The monoisotopic (exact) mass is 276 g/mol. The molecule has 0 unspecified atom stereocenters. The maximum Gasteiger partial charge on any atom is 0.138 e. The number of rotatable bonds is 5. The van der Waals surface area contributed by atoms with Gasteiger partial charge in [-0.05, 0) is 35.7 Å². The molecule has 2 N–H and O–H groups in total. The van der Waals surface area contributed by atoms with E-state index in [4.69, 9.17) is 22.1 Å². The van der Waals surface area contributed by atoms with Crippen LogP contribution in [-0.4, -0.2) is 11.6 Å². The van der Waals surface area contributed by atoms with E-state index in [0.29, 0.717) is 18.2 Å². The molecular formula is C15H17ClN2O. The van der Waals surface area contributed by atoms with Crippen molar-refractivity contribution in [3.05, 3.63) is 47.2 Å². The molecule has 1 aromatic heterocycles. The van der Waals surface area contributed by atoms with Crippen LogP contribution < -0.4 is 10.5 Å². The van der Waals surface area contributed by atoms with Crippen LogP contribution in [0.15, 0.2) is 36.7 Å². The van der Waals surface area contributed by atoms with Gasteiger partial charge in [-0.1, -0.05) is 24.6 Å². The van der Waals surface area contributed by atoms with Gasteiger partial charge in [0.15, 0.2) is 0 Å². The Balaban J connectivity index is 2.35. The third kappa shape index (κ3) is 3.46. The Hall–Kier alpha value is -1.58. The summed E-state index contributed by atoms with van der Waals surface area (Å²) in [7, 11) is 0. The lowest BCUT2D eigenvalue weighted by Gasteiger charge is -2.10. The molecule has 2 aromatic rings. The molecule has 4 heteroatoms. The number of halogens is 1. The quantitative estimate of drug-likeness (QED) is 0.907. The van der Waals surface area contributed by atoms with Gasteiger partial charge in [0.05, 0.1) is 12.8 Å². The lowest BCUT2D eigenvalue weighted by atomic mass is 10.0. The van der Waals surface area contributed by atoms with Crippen LogP contribution in [0, 0.1) is 0 Å². The van der Waals surface area contributed by atoms with Crippen LogP contribution in [0.4, 0.5) is 0 Å². The Kier molecular flexibility index (Phi) is 4.77. The van der Waals surface area contributed by atoms with Crippen LogP contribution in [0.3, 0.4) is 0 Å². The molecule has 0 bridgehead atoms. The number of hydrogen-bond acceptors (Lipinski definition) is 3. The van der Waals surface area contributed by atoms with Crippen molar-refractivity contribution in [1.29, 1.82) is 0 Å². The van der Waals surface area contributed by atoms with E-state index in [9.17, 15) is 0 Å². The van der Waals surface area contributed by atoms with Crippen molar-refractivity contribution >= 4 is 11.6 Å². The summed E-state index contributed by atoms with van der Waals surface area (Å²) in [6, 6.07) is 7.68. The van der Waals surface area contributed by atoms with E-state index in [1.807, 2.05) is 24.3 Å². The van der Waals surface area contributed by atoms with Gasteiger partial charge < -0.3 is 10.5 Å². The molecule has 100 valence electrons. The summed E-state index contributed by atoms with van der Waals surface area (Å²) in [6.45, 7) is 3.20. The zero-order valence-electron chi connectivity index (χ0n) is 10.9. The van der Waals surface area contributed by atoms with E-state index in [0.717, 1.165) is 28.9 Å². The zero-order valence-corrected chi connectivity index (χ0v) is 11.7. The fourth-order valence-corrected chi connectivity index (χ4v) is 2.07. The average molecular weight is 277 g/mol. The third-order valence-corrected chi connectivity index (χ3v) is 3.02. The Morgan fingerprint density at radius 3 is 2.84 bits per heavy atom. The maximum absolute atomic E-state index is 5.99. The predicted molar refractivity (Wildman–Crippen MR) is 78.4 cm³/mol. The second-order valence-electron chi connectivity index (χ2n) is 4.26. The van der Waals surface area contributed by atoms with Crippen molar-refractivity contribution in [2.75, 3.05) is 6.61 Å². The molecule has 0 aliphatic carbocycles. The highest BCUT2D eigenvalue weighted by molar-refractivity contribution is 6.30. The molecule has 0 saturated heterocycles. The van der Waals surface area contributed by atoms with Crippen LogP contribution in [-0.2, 0) is 6.54 Å². The number of nitrogens with two attached hydrogens (primary N) is 1. The molecule has 0 radical (unpaired) electrons. The zero-order chi connectivity index (χ0) is 13.7. The number of nitrogens with zero attached hydrogens (tertiary/aromatic N) is 1. The molecule has 0 atom stereocenters. The minimum atomic E-state index is 0.440. The largest absolute Gasteiger partial charge is 0.492 e. The predicted octanol–water partition coefficient (Wildman–Crippen LogP) is 3.65. The second kappa shape index (κ2) is 6.55. The van der Waals surface area contributed by atoms with Gasteiger partial charge in [-0.3, -0.25) is 4.98 Å². The van der Waals surface area contributed by atoms with Crippen molar-refractivity contribution in [2.45, 2.75) is 19.9 Å². The Labute approximate surface area is 118 Å². The van der Waals surface area contributed by atoms with Gasteiger partial charge >= 0.3 is 0 Å². The SMILES string of the molecule is CCCOc1cncc(-c2ccc(Cl)cc2CN)c1. The molecular weight excluding hydrogens is 260 g/mol. The number of hydrogen-bond donors (Lipinski definition) is 1. The average Bonchev–Trinajstić information content (AvgIpc) is 2.45. The summed E-state index contributed by atoms with van der Waals surface area (Å²) >= 11 is 5.99. The topological polar surface area (TPSA) is 48.1 Å². The molecule has 0 amide bonds. The molecule has 1 heterocycles. The van der Waals surface area contributed by atoms with Crippen LogP contribution in [0.2, 0.25) is 5.02 Å². The second-order valence-corrected chi connectivity index (χ2v) is 4.70. The molecule has 0 saturated carbocycles. The van der Waals surface area contributed by atoms with E-state index >= 15 is 0 Å². The first kappa shape index (κ1) is 13.8.